The van der Waals surface area contributed by atoms with Crippen molar-refractivity contribution < 1.29 is 24.3 Å². The molecule has 4 unspecified atom stereocenters. The van der Waals surface area contributed by atoms with E-state index in [2.05, 4.69) is 16.0 Å². The Morgan fingerprint density at radius 3 is 1.81 bits per heavy atom. The lowest BCUT2D eigenvalue weighted by molar-refractivity contribution is -0.142. The molecular formula is C21H41N5O5. The number of carboxylic acid groups (broad SMARTS) is 1. The minimum absolute atomic E-state index is 0.0727. The van der Waals surface area contributed by atoms with E-state index >= 15 is 0 Å². The molecule has 8 N–H and O–H groups in total. The summed E-state index contributed by atoms with van der Waals surface area (Å²) in [5.41, 5.74) is 11.4. The Balaban J connectivity index is 5.06. The second kappa shape index (κ2) is 14.7. The van der Waals surface area contributed by atoms with E-state index in [0.717, 1.165) is 0 Å². The summed E-state index contributed by atoms with van der Waals surface area (Å²) in [7, 11) is 0. The van der Waals surface area contributed by atoms with E-state index in [-0.39, 0.29) is 18.3 Å². The number of amides is 3. The molecule has 0 saturated heterocycles. The highest BCUT2D eigenvalue weighted by molar-refractivity contribution is 5.93. The Morgan fingerprint density at radius 2 is 1.32 bits per heavy atom. The third kappa shape index (κ3) is 12.3. The molecule has 0 saturated carbocycles. The molecule has 0 aliphatic carbocycles. The Bertz CT molecular complexity index is 597. The van der Waals surface area contributed by atoms with Crippen LogP contribution in [-0.4, -0.2) is 59.5 Å². The van der Waals surface area contributed by atoms with Crippen molar-refractivity contribution in [1.29, 1.82) is 0 Å². The second-order valence-corrected chi connectivity index (χ2v) is 8.84. The summed E-state index contributed by atoms with van der Waals surface area (Å²) in [6, 6.07) is -3.61. The molecule has 3 amide bonds. The van der Waals surface area contributed by atoms with Crippen LogP contribution >= 0.6 is 0 Å². The predicted octanol–water partition coefficient (Wildman–Crippen LogP) is 0.0938. The van der Waals surface area contributed by atoms with Crippen molar-refractivity contribution in [2.24, 2.45) is 23.3 Å². The van der Waals surface area contributed by atoms with Crippen molar-refractivity contribution in [3.8, 4) is 0 Å². The summed E-state index contributed by atoms with van der Waals surface area (Å²) in [6.07, 6.45) is 2.40. The topological polar surface area (TPSA) is 177 Å². The Labute approximate surface area is 185 Å². The summed E-state index contributed by atoms with van der Waals surface area (Å²) in [4.78, 5) is 48.9. The van der Waals surface area contributed by atoms with E-state index < -0.39 is 47.9 Å². The number of nitrogens with two attached hydrogens (primary N) is 2. The van der Waals surface area contributed by atoms with Crippen LogP contribution in [-0.2, 0) is 19.2 Å². The van der Waals surface area contributed by atoms with Gasteiger partial charge < -0.3 is 32.5 Å². The van der Waals surface area contributed by atoms with Crippen LogP contribution in [0.25, 0.3) is 0 Å². The zero-order chi connectivity index (χ0) is 24.1. The standard InChI is InChI=1S/C21H41N5O5/c1-12(2)10-15(23)19(28)25-16(8-6-7-9-22)20(29)24-14(5)18(27)26-17(21(30)31)11-13(3)4/h12-17H,6-11,22-23H2,1-5H3,(H,24,29)(H,25,28)(H,26,27)(H,30,31). The van der Waals surface area contributed by atoms with Crippen LogP contribution in [0.4, 0.5) is 0 Å². The van der Waals surface area contributed by atoms with Crippen LogP contribution in [0, 0.1) is 11.8 Å². The molecule has 0 aromatic carbocycles. The molecule has 10 nitrogen and oxygen atoms in total. The van der Waals surface area contributed by atoms with Crippen LogP contribution in [0.1, 0.15) is 66.7 Å². The fraction of sp³-hybridized carbons (Fsp3) is 0.810. The quantitative estimate of drug-likeness (QED) is 0.194. The van der Waals surface area contributed by atoms with Gasteiger partial charge in [0.15, 0.2) is 0 Å². The van der Waals surface area contributed by atoms with Crippen molar-refractivity contribution in [1.82, 2.24) is 16.0 Å². The molecule has 10 heteroatoms. The molecule has 0 radical (unpaired) electrons. The second-order valence-electron chi connectivity index (χ2n) is 8.84. The number of carbonyl (C=O) groups is 4. The molecule has 4 atom stereocenters. The highest BCUT2D eigenvalue weighted by Crippen LogP contribution is 2.07. The van der Waals surface area contributed by atoms with Crippen molar-refractivity contribution in [2.75, 3.05) is 6.54 Å². The summed E-state index contributed by atoms with van der Waals surface area (Å²) in [6.45, 7) is 9.52. The zero-order valence-electron chi connectivity index (χ0n) is 19.4. The molecule has 31 heavy (non-hydrogen) atoms. The van der Waals surface area contributed by atoms with Crippen LogP contribution in [0.3, 0.4) is 0 Å². The smallest absolute Gasteiger partial charge is 0.326 e. The van der Waals surface area contributed by atoms with Gasteiger partial charge in [-0.1, -0.05) is 27.7 Å². The van der Waals surface area contributed by atoms with Gasteiger partial charge in [0.25, 0.3) is 0 Å². The van der Waals surface area contributed by atoms with Crippen LogP contribution < -0.4 is 27.4 Å². The first-order valence-corrected chi connectivity index (χ1v) is 11.0. The number of unbranched alkanes of at least 4 members (excludes halogenated alkanes) is 1. The van der Waals surface area contributed by atoms with Crippen molar-refractivity contribution >= 4 is 23.7 Å². The third-order valence-electron chi connectivity index (χ3n) is 4.72. The Morgan fingerprint density at radius 1 is 0.774 bits per heavy atom. The van der Waals surface area contributed by atoms with Crippen LogP contribution in [0.15, 0.2) is 0 Å². The first kappa shape index (κ1) is 28.8. The van der Waals surface area contributed by atoms with E-state index in [1.807, 2.05) is 27.7 Å². The third-order valence-corrected chi connectivity index (χ3v) is 4.72. The molecule has 0 fully saturated rings. The maximum absolute atomic E-state index is 12.7. The number of carboxylic acids is 1. The van der Waals surface area contributed by atoms with Gasteiger partial charge in [-0.15, -0.1) is 0 Å². The zero-order valence-corrected chi connectivity index (χ0v) is 19.4. The minimum Gasteiger partial charge on any atom is -0.480 e. The first-order chi connectivity index (χ1) is 14.4. The van der Waals surface area contributed by atoms with Crippen molar-refractivity contribution in [2.45, 2.75) is 90.9 Å². The largest absolute Gasteiger partial charge is 0.480 e. The fourth-order valence-electron chi connectivity index (χ4n) is 3.02. The number of hydrogen-bond donors (Lipinski definition) is 6. The maximum atomic E-state index is 12.7. The predicted molar refractivity (Wildman–Crippen MR) is 119 cm³/mol. The highest BCUT2D eigenvalue weighted by Gasteiger charge is 2.28. The molecule has 0 bridgehead atoms. The van der Waals surface area contributed by atoms with Gasteiger partial charge in [0, 0.05) is 0 Å². The number of carbonyl (C=O) groups excluding carboxylic acids is 3. The summed E-state index contributed by atoms with van der Waals surface area (Å²) in [5, 5.41) is 17.0. The number of aliphatic carboxylic acids is 1. The maximum Gasteiger partial charge on any atom is 0.326 e. The lowest BCUT2D eigenvalue weighted by atomic mass is 10.0. The van der Waals surface area contributed by atoms with Gasteiger partial charge in [0.2, 0.25) is 17.7 Å². The van der Waals surface area contributed by atoms with Gasteiger partial charge >= 0.3 is 5.97 Å². The molecule has 180 valence electrons. The van der Waals surface area contributed by atoms with Crippen molar-refractivity contribution in [3.05, 3.63) is 0 Å². The molecule has 0 rings (SSSR count). The van der Waals surface area contributed by atoms with E-state index in [0.29, 0.717) is 32.2 Å². The average Bonchev–Trinajstić information content (AvgIpc) is 2.65. The molecule has 0 aromatic rings. The van der Waals surface area contributed by atoms with Gasteiger partial charge in [0.05, 0.1) is 6.04 Å². The first-order valence-electron chi connectivity index (χ1n) is 11.0. The van der Waals surface area contributed by atoms with Gasteiger partial charge in [-0.05, 0) is 57.4 Å². The monoisotopic (exact) mass is 443 g/mol. The molecule has 0 heterocycles. The van der Waals surface area contributed by atoms with Gasteiger partial charge in [-0.3, -0.25) is 14.4 Å². The van der Waals surface area contributed by atoms with E-state index in [4.69, 9.17) is 11.5 Å². The average molecular weight is 444 g/mol. The normalized spacial score (nSPS) is 15.1. The van der Waals surface area contributed by atoms with Crippen LogP contribution in [0.5, 0.6) is 0 Å². The number of hydrogen-bond acceptors (Lipinski definition) is 6. The van der Waals surface area contributed by atoms with E-state index in [1.165, 1.54) is 6.92 Å². The summed E-state index contributed by atoms with van der Waals surface area (Å²) >= 11 is 0. The van der Waals surface area contributed by atoms with Gasteiger partial charge in [-0.25, -0.2) is 4.79 Å². The molecule has 0 spiro atoms. The van der Waals surface area contributed by atoms with E-state index in [1.54, 1.807) is 0 Å². The number of rotatable bonds is 15. The fourth-order valence-corrected chi connectivity index (χ4v) is 3.02. The van der Waals surface area contributed by atoms with Gasteiger partial charge in [-0.2, -0.15) is 0 Å². The Kier molecular flexibility index (Phi) is 13.7. The molecular weight excluding hydrogens is 402 g/mol. The summed E-state index contributed by atoms with van der Waals surface area (Å²) in [5.74, 6) is -2.40. The van der Waals surface area contributed by atoms with Crippen molar-refractivity contribution in [3.63, 3.8) is 0 Å². The molecule has 0 aliphatic heterocycles. The van der Waals surface area contributed by atoms with Gasteiger partial charge in [0.1, 0.15) is 18.1 Å². The van der Waals surface area contributed by atoms with E-state index in [9.17, 15) is 24.3 Å². The lowest BCUT2D eigenvalue weighted by Gasteiger charge is -2.24. The minimum atomic E-state index is -1.13. The molecule has 0 aliphatic rings. The Hall–Kier alpha value is -2.20. The molecule has 0 aromatic heterocycles. The lowest BCUT2D eigenvalue weighted by Crippen LogP contribution is -2.56. The SMILES string of the molecule is CC(C)CC(N)C(=O)NC(CCCCN)C(=O)NC(C)C(=O)NC(CC(C)C)C(=O)O. The highest BCUT2D eigenvalue weighted by atomic mass is 16.4. The number of nitrogens with one attached hydrogen (secondary N) is 3. The summed E-state index contributed by atoms with van der Waals surface area (Å²) < 4.78 is 0. The van der Waals surface area contributed by atoms with Crippen LogP contribution in [0.2, 0.25) is 0 Å².